The Morgan fingerprint density at radius 3 is 2.65 bits per heavy atom. The molecule has 0 heterocycles. The molecule has 0 aliphatic carbocycles. The van der Waals surface area contributed by atoms with E-state index >= 15 is 0 Å². The molecule has 0 bridgehead atoms. The summed E-state index contributed by atoms with van der Waals surface area (Å²) >= 11 is 2.21. The zero-order valence-electron chi connectivity index (χ0n) is 10.1. The van der Waals surface area contributed by atoms with Gasteiger partial charge < -0.3 is 0 Å². The Kier molecular flexibility index (Phi) is 6.89. The molecule has 1 aromatic carbocycles. The SMILES string of the molecule is C=C/C(=C\C=C/C)CC(NI)c1ccccc1. The van der Waals surface area contributed by atoms with Gasteiger partial charge in [0.15, 0.2) is 0 Å². The van der Waals surface area contributed by atoms with Crippen LogP contribution in [0.3, 0.4) is 0 Å². The van der Waals surface area contributed by atoms with Crippen molar-refractivity contribution in [3.05, 3.63) is 72.4 Å². The average Bonchev–Trinajstić information content (AvgIpc) is 2.40. The van der Waals surface area contributed by atoms with Gasteiger partial charge in [-0.1, -0.05) is 61.2 Å². The Bertz CT molecular complexity index is 393. The van der Waals surface area contributed by atoms with Gasteiger partial charge in [-0.15, -0.1) is 0 Å². The highest BCUT2D eigenvalue weighted by molar-refractivity contribution is 14.1. The Hall–Kier alpha value is -0.870. The standard InChI is InChI=1S/C15H18IN/c1-3-5-9-13(4-2)12-15(17-16)14-10-7-6-8-11-14/h3-11,15,17H,2,12H2,1H3/b5-3-,13-9+. The highest BCUT2D eigenvalue weighted by atomic mass is 127. The zero-order valence-corrected chi connectivity index (χ0v) is 12.2. The summed E-state index contributed by atoms with van der Waals surface area (Å²) in [5.74, 6) is 0. The summed E-state index contributed by atoms with van der Waals surface area (Å²) in [5.41, 5.74) is 2.54. The fourth-order valence-electron chi connectivity index (χ4n) is 1.58. The molecule has 1 N–H and O–H groups in total. The van der Waals surface area contributed by atoms with Gasteiger partial charge in [-0.05, 0) is 24.5 Å². The van der Waals surface area contributed by atoms with E-state index in [9.17, 15) is 0 Å². The van der Waals surface area contributed by atoms with E-state index in [4.69, 9.17) is 0 Å². The third-order valence-electron chi connectivity index (χ3n) is 2.54. The van der Waals surface area contributed by atoms with Gasteiger partial charge in [0.25, 0.3) is 0 Å². The molecule has 0 spiro atoms. The van der Waals surface area contributed by atoms with E-state index in [0.717, 1.165) is 6.42 Å². The maximum absolute atomic E-state index is 3.86. The van der Waals surface area contributed by atoms with E-state index in [-0.39, 0.29) is 0 Å². The molecule has 1 rings (SSSR count). The summed E-state index contributed by atoms with van der Waals surface area (Å²) in [6, 6.07) is 10.8. The second kappa shape index (κ2) is 8.25. The van der Waals surface area contributed by atoms with Gasteiger partial charge >= 0.3 is 0 Å². The molecule has 1 atom stereocenters. The molecule has 90 valence electrons. The van der Waals surface area contributed by atoms with E-state index in [1.807, 2.05) is 31.2 Å². The molecule has 0 aliphatic heterocycles. The minimum atomic E-state index is 0.325. The van der Waals surface area contributed by atoms with Crippen molar-refractivity contribution in [2.45, 2.75) is 19.4 Å². The van der Waals surface area contributed by atoms with Gasteiger partial charge in [0.1, 0.15) is 0 Å². The molecular formula is C15H18IN. The summed E-state index contributed by atoms with van der Waals surface area (Å²) in [4.78, 5) is 0. The molecule has 0 radical (unpaired) electrons. The second-order valence-corrected chi connectivity index (χ2v) is 4.37. The highest BCUT2D eigenvalue weighted by Crippen LogP contribution is 2.22. The van der Waals surface area contributed by atoms with Gasteiger partial charge in [-0.25, -0.2) is 0 Å². The van der Waals surface area contributed by atoms with Crippen LogP contribution in [0.4, 0.5) is 0 Å². The van der Waals surface area contributed by atoms with Gasteiger partial charge in [0.05, 0.1) is 0 Å². The third-order valence-corrected chi connectivity index (χ3v) is 3.29. The van der Waals surface area contributed by atoms with Crippen LogP contribution < -0.4 is 3.53 Å². The molecule has 0 saturated heterocycles. The highest BCUT2D eigenvalue weighted by Gasteiger charge is 2.09. The molecule has 2 heteroatoms. The summed E-state index contributed by atoms with van der Waals surface area (Å²) in [6.45, 7) is 5.88. The number of hydrogen-bond acceptors (Lipinski definition) is 1. The molecular weight excluding hydrogens is 321 g/mol. The Morgan fingerprint density at radius 1 is 1.41 bits per heavy atom. The van der Waals surface area contributed by atoms with Crippen molar-refractivity contribution in [3.63, 3.8) is 0 Å². The van der Waals surface area contributed by atoms with Crippen molar-refractivity contribution in [2.24, 2.45) is 0 Å². The molecule has 0 aromatic heterocycles. The number of benzene rings is 1. The largest absolute Gasteiger partial charge is 0.253 e. The topological polar surface area (TPSA) is 12.0 Å². The van der Waals surface area contributed by atoms with Gasteiger partial charge in [-0.2, -0.15) is 0 Å². The van der Waals surface area contributed by atoms with Crippen molar-refractivity contribution in [1.29, 1.82) is 0 Å². The number of hydrogen-bond donors (Lipinski definition) is 1. The van der Waals surface area contributed by atoms with Crippen LogP contribution in [0.25, 0.3) is 0 Å². The maximum atomic E-state index is 3.86. The van der Waals surface area contributed by atoms with Crippen LogP contribution in [0.15, 0.2) is 66.8 Å². The fraction of sp³-hybridized carbons (Fsp3) is 0.200. The van der Waals surface area contributed by atoms with E-state index in [2.05, 4.69) is 63.3 Å². The minimum Gasteiger partial charge on any atom is -0.253 e. The lowest BCUT2D eigenvalue weighted by molar-refractivity contribution is 0.693. The molecule has 1 aromatic rings. The summed E-state index contributed by atoms with van der Waals surface area (Å²) in [6.07, 6.45) is 9.05. The molecule has 1 unspecified atom stereocenters. The summed E-state index contributed by atoms with van der Waals surface area (Å²) in [7, 11) is 0. The second-order valence-electron chi connectivity index (χ2n) is 3.75. The molecule has 0 amide bonds. The first-order chi connectivity index (χ1) is 8.31. The van der Waals surface area contributed by atoms with E-state index in [1.165, 1.54) is 11.1 Å². The van der Waals surface area contributed by atoms with Crippen molar-refractivity contribution in [3.8, 4) is 0 Å². The average molecular weight is 339 g/mol. The minimum absolute atomic E-state index is 0.325. The van der Waals surface area contributed by atoms with Crippen molar-refractivity contribution in [1.82, 2.24) is 3.53 Å². The smallest absolute Gasteiger partial charge is 0.0453 e. The zero-order chi connectivity index (χ0) is 12.5. The molecule has 0 aliphatic rings. The first-order valence-electron chi connectivity index (χ1n) is 5.67. The van der Waals surface area contributed by atoms with Crippen molar-refractivity contribution < 1.29 is 0 Å². The first kappa shape index (κ1) is 14.2. The van der Waals surface area contributed by atoms with Crippen LogP contribution >= 0.6 is 22.9 Å². The van der Waals surface area contributed by atoms with Crippen LogP contribution in [0, 0.1) is 0 Å². The Labute approximate surface area is 118 Å². The van der Waals surface area contributed by atoms with Crippen LogP contribution in [0.2, 0.25) is 0 Å². The van der Waals surface area contributed by atoms with Crippen LogP contribution in [0.5, 0.6) is 0 Å². The fourth-order valence-corrected chi connectivity index (χ4v) is 2.16. The predicted molar refractivity (Wildman–Crippen MR) is 84.0 cm³/mol. The number of allylic oxidation sites excluding steroid dienone is 4. The van der Waals surface area contributed by atoms with E-state index in [0.29, 0.717) is 6.04 Å². The van der Waals surface area contributed by atoms with Gasteiger partial charge in [0.2, 0.25) is 0 Å². The first-order valence-corrected chi connectivity index (χ1v) is 6.75. The number of halogens is 1. The lowest BCUT2D eigenvalue weighted by atomic mass is 9.99. The van der Waals surface area contributed by atoms with Crippen LogP contribution in [0.1, 0.15) is 24.9 Å². The molecule has 1 nitrogen and oxygen atoms in total. The molecule has 17 heavy (non-hydrogen) atoms. The normalized spacial score (nSPS) is 13.9. The maximum Gasteiger partial charge on any atom is 0.0453 e. The van der Waals surface area contributed by atoms with Crippen LogP contribution in [-0.2, 0) is 0 Å². The molecule has 0 saturated carbocycles. The summed E-state index contributed by atoms with van der Waals surface area (Å²) in [5, 5.41) is 0. The quantitative estimate of drug-likeness (QED) is 0.448. The van der Waals surface area contributed by atoms with Crippen molar-refractivity contribution >= 4 is 22.9 Å². The number of rotatable bonds is 6. The summed E-state index contributed by atoms with van der Waals surface area (Å²) < 4.78 is 3.32. The lowest BCUT2D eigenvalue weighted by Crippen LogP contribution is -2.11. The van der Waals surface area contributed by atoms with Crippen molar-refractivity contribution in [2.75, 3.05) is 0 Å². The Morgan fingerprint density at radius 2 is 2.12 bits per heavy atom. The Balaban J connectivity index is 2.79. The third kappa shape index (κ3) is 4.88. The lowest BCUT2D eigenvalue weighted by Gasteiger charge is -2.15. The molecule has 0 fully saturated rings. The van der Waals surface area contributed by atoms with E-state index < -0.39 is 0 Å². The predicted octanol–water partition coefficient (Wildman–Crippen LogP) is 4.75. The monoisotopic (exact) mass is 339 g/mol. The van der Waals surface area contributed by atoms with Crippen LogP contribution in [-0.4, -0.2) is 0 Å². The van der Waals surface area contributed by atoms with Gasteiger partial charge in [-0.3, -0.25) is 3.53 Å². The van der Waals surface area contributed by atoms with Gasteiger partial charge in [0, 0.05) is 28.9 Å². The number of nitrogens with one attached hydrogen (secondary N) is 1. The van der Waals surface area contributed by atoms with E-state index in [1.54, 1.807) is 0 Å².